The largest absolute Gasteiger partial charge is 0.494 e. The molecule has 0 saturated carbocycles. The lowest BCUT2D eigenvalue weighted by Gasteiger charge is -2.37. The van der Waals surface area contributed by atoms with Gasteiger partial charge in [0, 0.05) is 70.6 Å². The normalized spacial score (nSPS) is 19.5. The van der Waals surface area contributed by atoms with Gasteiger partial charge in [-0.1, -0.05) is 12.1 Å². The molecule has 0 spiro atoms. The standard InChI is InChI=1S/C30H41N5O11/c36-25-6-7-26(37)35(25)8-1-15-46-24-4-2-22(3-5-24)16-23-17-33(20-29(42)43)12-11-31(18-27(38)39)9-10-32(19-28(40)41)13-14-34(23)21-30(44)45/h2-7,23H,1,8-21H2,(H,38,39)(H,40,41)(H,42,43)(H,44,45). The Balaban J connectivity index is 1.76. The van der Waals surface area contributed by atoms with Gasteiger partial charge in [-0.15, -0.1) is 0 Å². The van der Waals surface area contributed by atoms with Crippen LogP contribution in [0.3, 0.4) is 0 Å². The van der Waals surface area contributed by atoms with E-state index in [0.717, 1.165) is 10.5 Å². The molecule has 0 radical (unpaired) electrons. The van der Waals surface area contributed by atoms with Gasteiger partial charge < -0.3 is 25.2 Å². The lowest BCUT2D eigenvalue weighted by atomic mass is 10.0. The van der Waals surface area contributed by atoms with E-state index < -0.39 is 29.9 Å². The van der Waals surface area contributed by atoms with Gasteiger partial charge in [-0.2, -0.15) is 0 Å². The Morgan fingerprint density at radius 3 is 1.67 bits per heavy atom. The van der Waals surface area contributed by atoms with Gasteiger partial charge >= 0.3 is 23.9 Å². The quantitative estimate of drug-likeness (QED) is 0.131. The second-order valence-corrected chi connectivity index (χ2v) is 11.2. The zero-order chi connectivity index (χ0) is 33.6. The average Bonchev–Trinajstić information content (AvgIpc) is 3.29. The predicted octanol–water partition coefficient (Wildman–Crippen LogP) is -1.15. The molecule has 0 aliphatic carbocycles. The van der Waals surface area contributed by atoms with Crippen molar-refractivity contribution in [1.82, 2.24) is 24.5 Å². The summed E-state index contributed by atoms with van der Waals surface area (Å²) in [6, 6.07) is 6.63. The molecule has 2 amide bonds. The van der Waals surface area contributed by atoms with Crippen molar-refractivity contribution in [3.8, 4) is 5.75 Å². The summed E-state index contributed by atoms with van der Waals surface area (Å²) in [4.78, 5) is 77.8. The van der Waals surface area contributed by atoms with Crippen LogP contribution in [-0.4, -0.2) is 172 Å². The SMILES string of the molecule is O=C(O)CN1CCN(CC(=O)O)CCN(CC(=O)O)C(Cc2ccc(OCCCN3C(=O)C=CC3=O)cc2)CN(CC(=O)O)CC1. The molecule has 1 fully saturated rings. The maximum absolute atomic E-state index is 11.9. The first-order chi connectivity index (χ1) is 21.9. The summed E-state index contributed by atoms with van der Waals surface area (Å²) in [5, 5.41) is 38.2. The maximum atomic E-state index is 11.9. The summed E-state index contributed by atoms with van der Waals surface area (Å²) < 4.78 is 5.76. The maximum Gasteiger partial charge on any atom is 0.317 e. The molecule has 16 nitrogen and oxygen atoms in total. The summed E-state index contributed by atoms with van der Waals surface area (Å²) in [5.41, 5.74) is 0.823. The minimum Gasteiger partial charge on any atom is -0.494 e. The lowest BCUT2D eigenvalue weighted by Crippen LogP contribution is -2.53. The van der Waals surface area contributed by atoms with Crippen LogP contribution >= 0.6 is 0 Å². The van der Waals surface area contributed by atoms with E-state index in [1.165, 1.54) is 12.2 Å². The Kier molecular flexibility index (Phi) is 14.1. The number of imide groups is 1. The van der Waals surface area contributed by atoms with Crippen LogP contribution in [0.1, 0.15) is 12.0 Å². The molecular formula is C30H41N5O11. The van der Waals surface area contributed by atoms with Crippen molar-refractivity contribution < 1.29 is 53.9 Å². The molecule has 1 saturated heterocycles. The topological polar surface area (TPSA) is 209 Å². The summed E-state index contributed by atoms with van der Waals surface area (Å²) in [7, 11) is 0. The first-order valence-electron chi connectivity index (χ1n) is 14.9. The first kappa shape index (κ1) is 36.1. The van der Waals surface area contributed by atoms with E-state index >= 15 is 0 Å². The highest BCUT2D eigenvalue weighted by Crippen LogP contribution is 2.17. The average molecular weight is 648 g/mol. The number of hydrogen-bond acceptors (Lipinski definition) is 11. The van der Waals surface area contributed by atoms with Crippen molar-refractivity contribution in [2.24, 2.45) is 0 Å². The number of hydrogen-bond donors (Lipinski definition) is 4. The van der Waals surface area contributed by atoms with E-state index in [9.17, 15) is 49.2 Å². The van der Waals surface area contributed by atoms with Crippen LogP contribution in [0, 0.1) is 0 Å². The van der Waals surface area contributed by atoms with Crippen LogP contribution in [-0.2, 0) is 35.2 Å². The van der Waals surface area contributed by atoms with E-state index in [1.807, 2.05) is 12.1 Å². The molecule has 46 heavy (non-hydrogen) atoms. The summed E-state index contributed by atoms with van der Waals surface area (Å²) in [6.07, 6.45) is 3.23. The monoisotopic (exact) mass is 647 g/mol. The second kappa shape index (κ2) is 17.9. The van der Waals surface area contributed by atoms with Crippen LogP contribution in [0.2, 0.25) is 0 Å². The zero-order valence-corrected chi connectivity index (χ0v) is 25.5. The van der Waals surface area contributed by atoms with Crippen LogP contribution in [0.25, 0.3) is 0 Å². The molecule has 2 heterocycles. The molecule has 0 bridgehead atoms. The molecule has 3 rings (SSSR count). The Morgan fingerprint density at radius 1 is 0.674 bits per heavy atom. The summed E-state index contributed by atoms with van der Waals surface area (Å²) in [6.45, 7) is 0.652. The van der Waals surface area contributed by atoms with E-state index in [-0.39, 0.29) is 97.0 Å². The Labute approximate surface area is 266 Å². The third-order valence-corrected chi connectivity index (χ3v) is 7.66. The fourth-order valence-electron chi connectivity index (χ4n) is 5.41. The number of nitrogens with zero attached hydrogens (tertiary/aromatic N) is 5. The number of carboxylic acid groups (broad SMARTS) is 4. The molecule has 4 N–H and O–H groups in total. The van der Waals surface area contributed by atoms with Gasteiger partial charge in [-0.3, -0.25) is 53.3 Å². The van der Waals surface area contributed by atoms with Crippen LogP contribution < -0.4 is 4.74 Å². The number of aliphatic carboxylic acids is 4. The molecule has 252 valence electrons. The highest BCUT2D eigenvalue weighted by atomic mass is 16.5. The minimum absolute atomic E-state index is 0.167. The number of carboxylic acids is 4. The number of amides is 2. The molecular weight excluding hydrogens is 606 g/mol. The summed E-state index contributed by atoms with van der Waals surface area (Å²) in [5.74, 6) is -4.45. The van der Waals surface area contributed by atoms with Crippen molar-refractivity contribution in [3.05, 3.63) is 42.0 Å². The lowest BCUT2D eigenvalue weighted by molar-refractivity contribution is -0.142. The van der Waals surface area contributed by atoms with Crippen molar-refractivity contribution in [1.29, 1.82) is 0 Å². The third kappa shape index (κ3) is 12.5. The number of benzene rings is 1. The molecule has 1 unspecified atom stereocenters. The highest BCUT2D eigenvalue weighted by molar-refractivity contribution is 6.12. The van der Waals surface area contributed by atoms with Crippen LogP contribution in [0.15, 0.2) is 36.4 Å². The number of carbonyl (C=O) groups excluding carboxylic acids is 2. The van der Waals surface area contributed by atoms with Gasteiger partial charge in [0.15, 0.2) is 0 Å². The number of ether oxygens (including phenoxy) is 1. The fraction of sp³-hybridized carbons (Fsp3) is 0.533. The Hall–Kier alpha value is -4.38. The summed E-state index contributed by atoms with van der Waals surface area (Å²) >= 11 is 0. The van der Waals surface area contributed by atoms with Gasteiger partial charge in [0.1, 0.15) is 5.75 Å². The van der Waals surface area contributed by atoms with Crippen molar-refractivity contribution in [3.63, 3.8) is 0 Å². The Morgan fingerprint density at radius 2 is 1.15 bits per heavy atom. The van der Waals surface area contributed by atoms with Crippen molar-refractivity contribution >= 4 is 35.7 Å². The predicted molar refractivity (Wildman–Crippen MR) is 161 cm³/mol. The van der Waals surface area contributed by atoms with E-state index in [2.05, 4.69) is 0 Å². The molecule has 0 aromatic heterocycles. The molecule has 16 heteroatoms. The van der Waals surface area contributed by atoms with Crippen molar-refractivity contribution in [2.45, 2.75) is 18.9 Å². The van der Waals surface area contributed by atoms with Crippen molar-refractivity contribution in [2.75, 3.05) is 85.1 Å². The van der Waals surface area contributed by atoms with Gasteiger partial charge in [0.05, 0.1) is 32.8 Å². The molecule has 1 aromatic rings. The highest BCUT2D eigenvalue weighted by Gasteiger charge is 2.28. The minimum atomic E-state index is -1.09. The number of rotatable bonds is 15. The molecule has 2 aliphatic rings. The fourth-order valence-corrected chi connectivity index (χ4v) is 5.41. The zero-order valence-electron chi connectivity index (χ0n) is 25.5. The van der Waals surface area contributed by atoms with E-state index in [0.29, 0.717) is 18.6 Å². The molecule has 1 atom stereocenters. The van der Waals surface area contributed by atoms with E-state index in [1.54, 1.807) is 31.7 Å². The van der Waals surface area contributed by atoms with Crippen LogP contribution in [0.5, 0.6) is 5.75 Å². The first-order valence-corrected chi connectivity index (χ1v) is 14.9. The molecule has 2 aliphatic heterocycles. The van der Waals surface area contributed by atoms with E-state index in [4.69, 9.17) is 4.74 Å². The third-order valence-electron chi connectivity index (χ3n) is 7.66. The number of carbonyl (C=O) groups is 6. The molecule has 1 aromatic carbocycles. The van der Waals surface area contributed by atoms with Gasteiger partial charge in [0.2, 0.25) is 0 Å². The van der Waals surface area contributed by atoms with Gasteiger partial charge in [-0.05, 0) is 30.5 Å². The van der Waals surface area contributed by atoms with Crippen LogP contribution in [0.4, 0.5) is 0 Å². The van der Waals surface area contributed by atoms with Gasteiger partial charge in [-0.25, -0.2) is 0 Å². The second-order valence-electron chi connectivity index (χ2n) is 11.2. The van der Waals surface area contributed by atoms with Gasteiger partial charge in [0.25, 0.3) is 11.8 Å². The Bertz CT molecular complexity index is 1250. The smallest absolute Gasteiger partial charge is 0.317 e.